The van der Waals surface area contributed by atoms with E-state index in [0.29, 0.717) is 0 Å². The van der Waals surface area contributed by atoms with Crippen molar-refractivity contribution in [1.82, 2.24) is 4.98 Å². The van der Waals surface area contributed by atoms with Crippen LogP contribution >= 0.6 is 23.2 Å². The van der Waals surface area contributed by atoms with E-state index in [4.69, 9.17) is 23.2 Å². The third-order valence-electron chi connectivity index (χ3n) is 1.28. The van der Waals surface area contributed by atoms with E-state index < -0.39 is 12.1 Å². The summed E-state index contributed by atoms with van der Waals surface area (Å²) in [5.74, 6) is -0.565. The van der Waals surface area contributed by atoms with E-state index in [9.17, 15) is 13.2 Å². The molecule has 0 radical (unpaired) electrons. The molecule has 0 fully saturated rings. The molecule has 0 aliphatic carbocycles. The number of alkyl halides is 4. The SMILES string of the molecule is FC(F)(F)Oc1cnc(Cl)cc1CCl. The minimum Gasteiger partial charge on any atom is -0.404 e. The predicted octanol–water partition coefficient (Wildman–Crippen LogP) is 3.37. The lowest BCUT2D eigenvalue weighted by Gasteiger charge is -2.11. The van der Waals surface area contributed by atoms with Gasteiger partial charge in [-0.25, -0.2) is 4.98 Å². The van der Waals surface area contributed by atoms with Gasteiger partial charge < -0.3 is 4.74 Å². The number of hydrogen-bond donors (Lipinski definition) is 0. The van der Waals surface area contributed by atoms with Gasteiger partial charge in [0.15, 0.2) is 5.75 Å². The number of rotatable bonds is 2. The van der Waals surface area contributed by atoms with Crippen molar-refractivity contribution < 1.29 is 17.9 Å². The third kappa shape index (κ3) is 3.23. The Morgan fingerprint density at radius 2 is 2.07 bits per heavy atom. The van der Waals surface area contributed by atoms with Gasteiger partial charge in [0.05, 0.1) is 12.1 Å². The van der Waals surface area contributed by atoms with Crippen LogP contribution in [0.1, 0.15) is 5.56 Å². The molecule has 0 atom stereocenters. The highest BCUT2D eigenvalue weighted by Gasteiger charge is 2.32. The number of nitrogens with zero attached hydrogens (tertiary/aromatic N) is 1. The third-order valence-corrected chi connectivity index (χ3v) is 1.78. The first-order valence-electron chi connectivity index (χ1n) is 3.38. The van der Waals surface area contributed by atoms with Crippen LogP contribution < -0.4 is 4.74 Å². The van der Waals surface area contributed by atoms with Gasteiger partial charge >= 0.3 is 6.36 Å². The summed E-state index contributed by atoms with van der Waals surface area (Å²) in [6.45, 7) is 0. The summed E-state index contributed by atoms with van der Waals surface area (Å²) in [7, 11) is 0. The lowest BCUT2D eigenvalue weighted by Crippen LogP contribution is -2.18. The van der Waals surface area contributed by atoms with Crippen LogP contribution in [0.5, 0.6) is 5.75 Å². The van der Waals surface area contributed by atoms with E-state index in [2.05, 4.69) is 9.72 Å². The van der Waals surface area contributed by atoms with Crippen molar-refractivity contribution in [2.24, 2.45) is 0 Å². The largest absolute Gasteiger partial charge is 0.573 e. The second-order valence-electron chi connectivity index (χ2n) is 2.30. The van der Waals surface area contributed by atoms with Crippen molar-refractivity contribution >= 4 is 23.2 Å². The maximum atomic E-state index is 11.8. The lowest BCUT2D eigenvalue weighted by molar-refractivity contribution is -0.275. The van der Waals surface area contributed by atoms with Gasteiger partial charge in [-0.15, -0.1) is 24.8 Å². The number of ether oxygens (including phenoxy) is 1. The Bertz CT molecular complexity index is 329. The van der Waals surface area contributed by atoms with Crippen LogP contribution in [-0.2, 0) is 5.88 Å². The fraction of sp³-hybridized carbons (Fsp3) is 0.286. The van der Waals surface area contributed by atoms with E-state index in [1.165, 1.54) is 6.07 Å². The molecule has 14 heavy (non-hydrogen) atoms. The number of hydrogen-bond acceptors (Lipinski definition) is 2. The molecule has 0 saturated carbocycles. The second-order valence-corrected chi connectivity index (χ2v) is 2.95. The van der Waals surface area contributed by atoms with Crippen LogP contribution in [0.25, 0.3) is 0 Å². The van der Waals surface area contributed by atoms with Crippen LogP contribution in [0.4, 0.5) is 13.2 Å². The Labute approximate surface area is 87.6 Å². The first kappa shape index (κ1) is 11.4. The molecule has 1 rings (SSSR count). The van der Waals surface area contributed by atoms with Crippen molar-refractivity contribution in [3.05, 3.63) is 23.0 Å². The molecule has 0 unspecified atom stereocenters. The quantitative estimate of drug-likeness (QED) is 0.589. The van der Waals surface area contributed by atoms with Crippen LogP contribution in [0.2, 0.25) is 5.15 Å². The topological polar surface area (TPSA) is 22.1 Å². The Hall–Kier alpha value is -0.680. The van der Waals surface area contributed by atoms with Gasteiger partial charge in [-0.2, -0.15) is 0 Å². The highest BCUT2D eigenvalue weighted by atomic mass is 35.5. The molecule has 78 valence electrons. The van der Waals surface area contributed by atoms with Gasteiger partial charge in [0.1, 0.15) is 5.15 Å². The molecule has 0 amide bonds. The van der Waals surface area contributed by atoms with Gasteiger partial charge in [0, 0.05) is 5.56 Å². The van der Waals surface area contributed by atoms with Crippen LogP contribution in [0.3, 0.4) is 0 Å². The molecule has 0 bridgehead atoms. The number of halogens is 5. The van der Waals surface area contributed by atoms with E-state index in [0.717, 1.165) is 6.20 Å². The van der Waals surface area contributed by atoms with Crippen molar-refractivity contribution in [1.29, 1.82) is 0 Å². The lowest BCUT2D eigenvalue weighted by atomic mass is 10.3. The van der Waals surface area contributed by atoms with E-state index in [1.807, 2.05) is 0 Å². The van der Waals surface area contributed by atoms with Crippen LogP contribution in [0, 0.1) is 0 Å². The Morgan fingerprint density at radius 1 is 1.43 bits per heavy atom. The molecule has 1 heterocycles. The van der Waals surface area contributed by atoms with Crippen molar-refractivity contribution in [2.45, 2.75) is 12.2 Å². The summed E-state index contributed by atoms with van der Waals surface area (Å²) in [4.78, 5) is 3.45. The fourth-order valence-corrected chi connectivity index (χ4v) is 1.17. The average Bonchev–Trinajstić information content (AvgIpc) is 2.06. The smallest absolute Gasteiger partial charge is 0.404 e. The van der Waals surface area contributed by atoms with Gasteiger partial charge in [0.25, 0.3) is 0 Å². The van der Waals surface area contributed by atoms with Crippen LogP contribution in [0.15, 0.2) is 12.3 Å². The second kappa shape index (κ2) is 4.23. The molecular weight excluding hydrogens is 242 g/mol. The van der Waals surface area contributed by atoms with Crippen molar-refractivity contribution in [2.75, 3.05) is 0 Å². The zero-order chi connectivity index (χ0) is 10.8. The van der Waals surface area contributed by atoms with Crippen LogP contribution in [-0.4, -0.2) is 11.3 Å². The number of aromatic nitrogens is 1. The normalized spacial score (nSPS) is 11.5. The molecule has 7 heteroatoms. The Balaban J connectivity index is 2.97. The molecular formula is C7H4Cl2F3NO. The molecule has 0 spiro atoms. The monoisotopic (exact) mass is 245 g/mol. The van der Waals surface area contributed by atoms with Crippen molar-refractivity contribution in [3.63, 3.8) is 0 Å². The summed E-state index contributed by atoms with van der Waals surface area (Å²) in [5.41, 5.74) is 0.143. The summed E-state index contributed by atoms with van der Waals surface area (Å²) >= 11 is 10.9. The molecule has 0 aromatic carbocycles. The minimum atomic E-state index is -4.75. The molecule has 2 nitrogen and oxygen atoms in total. The standard InChI is InChI=1S/C7H4Cl2F3NO/c8-2-4-1-6(9)13-3-5(4)14-7(10,11)12/h1,3H,2H2. The van der Waals surface area contributed by atoms with Crippen molar-refractivity contribution in [3.8, 4) is 5.75 Å². The number of pyridine rings is 1. The van der Waals surface area contributed by atoms with Gasteiger partial charge in [-0.05, 0) is 6.07 Å². The maximum Gasteiger partial charge on any atom is 0.573 e. The molecule has 1 aromatic rings. The zero-order valence-electron chi connectivity index (χ0n) is 6.61. The van der Waals surface area contributed by atoms with E-state index in [-0.39, 0.29) is 16.6 Å². The minimum absolute atomic E-state index is 0.0650. The average molecular weight is 246 g/mol. The van der Waals surface area contributed by atoms with E-state index in [1.54, 1.807) is 0 Å². The fourth-order valence-electron chi connectivity index (χ4n) is 0.776. The molecule has 0 N–H and O–H groups in total. The highest BCUT2D eigenvalue weighted by Crippen LogP contribution is 2.28. The summed E-state index contributed by atoms with van der Waals surface area (Å²) in [6.07, 6.45) is -3.87. The van der Waals surface area contributed by atoms with E-state index >= 15 is 0 Å². The first-order chi connectivity index (χ1) is 6.42. The molecule has 0 aliphatic rings. The zero-order valence-corrected chi connectivity index (χ0v) is 8.12. The summed E-state index contributed by atoms with van der Waals surface area (Å²) in [6, 6.07) is 1.22. The Morgan fingerprint density at radius 3 is 2.57 bits per heavy atom. The highest BCUT2D eigenvalue weighted by molar-refractivity contribution is 6.29. The van der Waals surface area contributed by atoms with Gasteiger partial charge in [-0.1, -0.05) is 11.6 Å². The Kier molecular flexibility index (Phi) is 3.44. The summed E-state index contributed by atoms with van der Waals surface area (Å²) < 4.78 is 39.2. The molecule has 1 aromatic heterocycles. The predicted molar refractivity (Wildman–Crippen MR) is 45.5 cm³/mol. The van der Waals surface area contributed by atoms with Gasteiger partial charge in [-0.3, -0.25) is 0 Å². The summed E-state index contributed by atoms with van der Waals surface area (Å²) in [5, 5.41) is 0.0650. The first-order valence-corrected chi connectivity index (χ1v) is 4.30. The molecule has 0 saturated heterocycles. The molecule has 0 aliphatic heterocycles. The van der Waals surface area contributed by atoms with Gasteiger partial charge in [0.2, 0.25) is 0 Å². The maximum absolute atomic E-state index is 11.8.